The monoisotopic (exact) mass is 301 g/mol. The summed E-state index contributed by atoms with van der Waals surface area (Å²) in [6, 6.07) is 6.93. The van der Waals surface area contributed by atoms with Crippen molar-refractivity contribution in [3.05, 3.63) is 46.3 Å². The molecule has 0 unspecified atom stereocenters. The fourth-order valence-corrected chi connectivity index (χ4v) is 2.58. The third-order valence-corrected chi connectivity index (χ3v) is 3.67. The van der Waals surface area contributed by atoms with Crippen LogP contribution in [-0.2, 0) is 4.74 Å². The van der Waals surface area contributed by atoms with Crippen molar-refractivity contribution in [1.29, 1.82) is 0 Å². The van der Waals surface area contributed by atoms with E-state index in [4.69, 9.17) is 0 Å². The highest BCUT2D eigenvalue weighted by Crippen LogP contribution is 2.22. The summed E-state index contributed by atoms with van der Waals surface area (Å²) >= 11 is 1.45. The van der Waals surface area contributed by atoms with Crippen molar-refractivity contribution in [2.24, 2.45) is 0 Å². The number of hydrogen-bond acceptors (Lipinski definition) is 5. The average molecular weight is 301 g/mol. The first-order chi connectivity index (χ1) is 10.2. The summed E-state index contributed by atoms with van der Waals surface area (Å²) in [4.78, 5) is 23.6. The molecular weight excluding hydrogens is 290 g/mol. The predicted molar refractivity (Wildman–Crippen MR) is 79.7 cm³/mol. The predicted octanol–water partition coefficient (Wildman–Crippen LogP) is 2.66. The number of esters is 1. The molecule has 2 aromatic heterocycles. The zero-order valence-electron chi connectivity index (χ0n) is 11.0. The van der Waals surface area contributed by atoms with Crippen LogP contribution in [0.1, 0.15) is 20.8 Å². The number of aromatic nitrogens is 2. The molecule has 0 atom stereocenters. The normalized spacial score (nSPS) is 10.5. The number of hydrogen-bond donors (Lipinski definition) is 2. The van der Waals surface area contributed by atoms with Crippen molar-refractivity contribution >= 4 is 39.8 Å². The molecule has 6 nitrogen and oxygen atoms in total. The van der Waals surface area contributed by atoms with E-state index in [9.17, 15) is 9.59 Å². The molecule has 2 N–H and O–H groups in total. The third-order valence-electron chi connectivity index (χ3n) is 2.98. The Bertz CT molecular complexity index is 808. The quantitative estimate of drug-likeness (QED) is 0.728. The smallest absolute Gasteiger partial charge is 0.359 e. The number of fused-ring (bicyclic) bond motifs is 1. The highest BCUT2D eigenvalue weighted by Gasteiger charge is 2.15. The number of ether oxygens (including phenoxy) is 1. The minimum Gasteiger partial charge on any atom is -0.464 e. The fraction of sp³-hybridized carbons (Fsp3) is 0.0714. The van der Waals surface area contributed by atoms with Gasteiger partial charge < -0.3 is 10.1 Å². The number of thiophene rings is 1. The molecule has 0 aliphatic rings. The second kappa shape index (κ2) is 5.37. The van der Waals surface area contributed by atoms with Crippen LogP contribution in [0.2, 0.25) is 0 Å². The summed E-state index contributed by atoms with van der Waals surface area (Å²) in [5.41, 5.74) is 2.08. The van der Waals surface area contributed by atoms with E-state index in [2.05, 4.69) is 20.3 Å². The lowest BCUT2D eigenvalue weighted by atomic mass is 10.2. The van der Waals surface area contributed by atoms with Gasteiger partial charge in [0.25, 0.3) is 5.91 Å². The molecule has 3 aromatic rings. The van der Waals surface area contributed by atoms with Gasteiger partial charge in [-0.15, -0.1) is 0 Å². The van der Waals surface area contributed by atoms with E-state index in [1.807, 2.05) is 5.38 Å². The average Bonchev–Trinajstić information content (AvgIpc) is 3.15. The van der Waals surface area contributed by atoms with Crippen LogP contribution in [0.15, 0.2) is 35.0 Å². The van der Waals surface area contributed by atoms with Crippen molar-refractivity contribution in [1.82, 2.24) is 10.2 Å². The molecule has 21 heavy (non-hydrogen) atoms. The Morgan fingerprint density at radius 1 is 1.33 bits per heavy atom. The van der Waals surface area contributed by atoms with Gasteiger partial charge in [0.1, 0.15) is 0 Å². The largest absolute Gasteiger partial charge is 0.464 e. The van der Waals surface area contributed by atoms with Crippen LogP contribution >= 0.6 is 11.3 Å². The molecule has 0 spiro atoms. The number of carbonyl (C=O) groups excluding carboxylic acids is 2. The maximum atomic E-state index is 12.0. The zero-order chi connectivity index (χ0) is 14.8. The number of carbonyl (C=O) groups is 2. The van der Waals surface area contributed by atoms with E-state index < -0.39 is 5.97 Å². The van der Waals surface area contributed by atoms with Crippen LogP contribution in [0.4, 0.5) is 5.69 Å². The molecule has 2 heterocycles. The van der Waals surface area contributed by atoms with Crippen LogP contribution in [0.25, 0.3) is 10.9 Å². The van der Waals surface area contributed by atoms with Crippen molar-refractivity contribution in [2.75, 3.05) is 12.4 Å². The molecule has 1 amide bonds. The lowest BCUT2D eigenvalue weighted by Gasteiger charge is -2.04. The third kappa shape index (κ3) is 2.50. The fourth-order valence-electron chi connectivity index (χ4n) is 1.94. The lowest BCUT2D eigenvalue weighted by molar-refractivity contribution is 0.0596. The van der Waals surface area contributed by atoms with E-state index in [1.54, 1.807) is 29.6 Å². The summed E-state index contributed by atoms with van der Waals surface area (Å²) in [7, 11) is 1.30. The van der Waals surface area contributed by atoms with Gasteiger partial charge in [0.05, 0.1) is 18.2 Å². The molecule has 1 aromatic carbocycles. The van der Waals surface area contributed by atoms with E-state index in [0.29, 0.717) is 22.2 Å². The minimum absolute atomic E-state index is 0.194. The molecule has 7 heteroatoms. The maximum absolute atomic E-state index is 12.0. The van der Waals surface area contributed by atoms with Gasteiger partial charge in [-0.2, -0.15) is 16.4 Å². The Kier molecular flexibility index (Phi) is 3.41. The summed E-state index contributed by atoms with van der Waals surface area (Å²) in [5.74, 6) is -0.721. The molecule has 0 radical (unpaired) electrons. The first-order valence-electron chi connectivity index (χ1n) is 6.09. The highest BCUT2D eigenvalue weighted by atomic mass is 32.1. The lowest BCUT2D eigenvalue weighted by Crippen LogP contribution is -2.10. The number of nitrogens with one attached hydrogen (secondary N) is 2. The van der Waals surface area contributed by atoms with Crippen molar-refractivity contribution in [2.45, 2.75) is 0 Å². The van der Waals surface area contributed by atoms with Crippen LogP contribution in [0, 0.1) is 0 Å². The van der Waals surface area contributed by atoms with Crippen molar-refractivity contribution < 1.29 is 14.3 Å². The molecule has 0 aliphatic carbocycles. The van der Waals surface area contributed by atoms with E-state index in [1.165, 1.54) is 18.4 Å². The van der Waals surface area contributed by atoms with Crippen molar-refractivity contribution in [3.63, 3.8) is 0 Å². The van der Waals surface area contributed by atoms with E-state index >= 15 is 0 Å². The molecule has 0 fully saturated rings. The molecule has 3 rings (SSSR count). The molecule has 0 aliphatic heterocycles. The standard InChI is InChI=1S/C14H11N3O3S/c1-20-14(19)12-10-6-9(2-3-11(10)16-17-12)15-13(18)8-4-5-21-7-8/h2-7H,1H3,(H,15,18)(H,16,17). The molecule has 0 bridgehead atoms. The summed E-state index contributed by atoms with van der Waals surface area (Å²) < 4.78 is 4.68. The summed E-state index contributed by atoms with van der Waals surface area (Å²) in [6.45, 7) is 0. The Hall–Kier alpha value is -2.67. The van der Waals surface area contributed by atoms with E-state index in [0.717, 1.165) is 0 Å². The van der Waals surface area contributed by atoms with Crippen LogP contribution < -0.4 is 5.32 Å². The zero-order valence-corrected chi connectivity index (χ0v) is 11.9. The number of methoxy groups -OCH3 is 1. The molecule has 0 saturated carbocycles. The maximum Gasteiger partial charge on any atom is 0.359 e. The van der Waals surface area contributed by atoms with Crippen LogP contribution in [0.5, 0.6) is 0 Å². The van der Waals surface area contributed by atoms with Gasteiger partial charge >= 0.3 is 5.97 Å². The molecular formula is C14H11N3O3S. The Labute approximate surface area is 123 Å². The van der Waals surface area contributed by atoms with Gasteiger partial charge in [0.2, 0.25) is 0 Å². The topological polar surface area (TPSA) is 84.1 Å². The van der Waals surface area contributed by atoms with Gasteiger partial charge in [-0.05, 0) is 29.6 Å². The van der Waals surface area contributed by atoms with Gasteiger partial charge in [0.15, 0.2) is 5.69 Å². The van der Waals surface area contributed by atoms with E-state index in [-0.39, 0.29) is 11.6 Å². The number of benzene rings is 1. The number of amides is 1. The molecule has 0 saturated heterocycles. The Balaban J connectivity index is 1.93. The number of H-pyrrole nitrogens is 1. The Morgan fingerprint density at radius 3 is 2.90 bits per heavy atom. The van der Waals surface area contributed by atoms with Gasteiger partial charge in [0, 0.05) is 16.5 Å². The van der Waals surface area contributed by atoms with Crippen LogP contribution in [-0.4, -0.2) is 29.2 Å². The van der Waals surface area contributed by atoms with Gasteiger partial charge in [-0.3, -0.25) is 9.89 Å². The van der Waals surface area contributed by atoms with Crippen molar-refractivity contribution in [3.8, 4) is 0 Å². The second-order valence-corrected chi connectivity index (χ2v) is 5.07. The highest BCUT2D eigenvalue weighted by molar-refractivity contribution is 7.08. The first-order valence-corrected chi connectivity index (χ1v) is 7.03. The minimum atomic E-state index is -0.525. The SMILES string of the molecule is COC(=O)c1n[nH]c2ccc(NC(=O)c3ccsc3)cc12. The molecule has 106 valence electrons. The Morgan fingerprint density at radius 2 is 2.19 bits per heavy atom. The number of rotatable bonds is 3. The van der Waals surface area contributed by atoms with Gasteiger partial charge in [-0.1, -0.05) is 0 Å². The number of nitrogens with zero attached hydrogens (tertiary/aromatic N) is 1. The number of anilines is 1. The summed E-state index contributed by atoms with van der Waals surface area (Å²) in [6.07, 6.45) is 0. The number of aromatic amines is 1. The summed E-state index contributed by atoms with van der Waals surface area (Å²) in [5, 5.41) is 13.7. The van der Waals surface area contributed by atoms with Gasteiger partial charge in [-0.25, -0.2) is 4.79 Å². The first kappa shape index (κ1) is 13.3. The van der Waals surface area contributed by atoms with Crippen LogP contribution in [0.3, 0.4) is 0 Å². The second-order valence-electron chi connectivity index (χ2n) is 4.29.